The van der Waals surface area contributed by atoms with Crippen LogP contribution < -0.4 is 5.32 Å². The first-order valence-electron chi connectivity index (χ1n) is 10.4. The highest BCUT2D eigenvalue weighted by molar-refractivity contribution is 7.09. The Morgan fingerprint density at radius 3 is 2.60 bits per heavy atom. The van der Waals surface area contributed by atoms with Crippen LogP contribution in [0.5, 0.6) is 0 Å². The van der Waals surface area contributed by atoms with Crippen LogP contribution in [0.3, 0.4) is 0 Å². The molecule has 3 aromatic rings. The number of hydrogen-bond donors (Lipinski definition) is 2. The topological polar surface area (TPSA) is 84.2 Å². The molecule has 7 heteroatoms. The van der Waals surface area contributed by atoms with E-state index in [9.17, 15) is 14.7 Å². The third kappa shape index (κ3) is 4.90. The summed E-state index contributed by atoms with van der Waals surface area (Å²) in [4.78, 5) is 30.3. The van der Waals surface area contributed by atoms with Crippen molar-refractivity contribution in [3.05, 3.63) is 52.0 Å². The van der Waals surface area contributed by atoms with Crippen LogP contribution in [-0.2, 0) is 11.2 Å². The monoisotopic (exact) mass is 427 g/mol. The highest BCUT2D eigenvalue weighted by Crippen LogP contribution is 2.26. The van der Waals surface area contributed by atoms with Gasteiger partial charge in [0.2, 0.25) is 0 Å². The number of nitrogens with one attached hydrogen (secondary N) is 1. The minimum absolute atomic E-state index is 0.167. The molecule has 2 aromatic heterocycles. The number of rotatable bonds is 9. The van der Waals surface area contributed by atoms with E-state index < -0.39 is 12.0 Å². The van der Waals surface area contributed by atoms with E-state index in [1.54, 1.807) is 23.5 Å². The number of imidazole rings is 1. The van der Waals surface area contributed by atoms with Gasteiger partial charge in [-0.2, -0.15) is 0 Å². The van der Waals surface area contributed by atoms with Gasteiger partial charge >= 0.3 is 5.97 Å². The molecule has 2 atom stereocenters. The average molecular weight is 428 g/mol. The predicted molar refractivity (Wildman–Crippen MR) is 120 cm³/mol. The van der Waals surface area contributed by atoms with Crippen molar-refractivity contribution in [1.82, 2.24) is 14.9 Å². The summed E-state index contributed by atoms with van der Waals surface area (Å²) in [5.41, 5.74) is 2.17. The van der Waals surface area contributed by atoms with E-state index in [1.165, 1.54) is 4.88 Å². The van der Waals surface area contributed by atoms with E-state index in [1.807, 2.05) is 26.0 Å². The molecular weight excluding hydrogens is 398 g/mol. The third-order valence-corrected chi connectivity index (χ3v) is 6.16. The Hall–Kier alpha value is -2.67. The van der Waals surface area contributed by atoms with Crippen LogP contribution in [0, 0.1) is 5.92 Å². The van der Waals surface area contributed by atoms with Gasteiger partial charge in [-0.3, -0.25) is 4.79 Å². The highest BCUT2D eigenvalue weighted by Gasteiger charge is 2.23. The molecule has 0 aliphatic carbocycles. The van der Waals surface area contributed by atoms with Gasteiger partial charge in [0, 0.05) is 22.9 Å². The largest absolute Gasteiger partial charge is 0.480 e. The van der Waals surface area contributed by atoms with Crippen molar-refractivity contribution in [1.29, 1.82) is 0 Å². The van der Waals surface area contributed by atoms with Gasteiger partial charge in [-0.15, -0.1) is 11.3 Å². The third-order valence-electron chi connectivity index (χ3n) is 5.28. The maximum Gasteiger partial charge on any atom is 0.326 e. The van der Waals surface area contributed by atoms with Crippen LogP contribution in [0.15, 0.2) is 35.7 Å². The molecule has 0 aliphatic heterocycles. The summed E-state index contributed by atoms with van der Waals surface area (Å²) in [6.45, 7) is 8.19. The van der Waals surface area contributed by atoms with Crippen molar-refractivity contribution in [2.75, 3.05) is 0 Å². The first-order chi connectivity index (χ1) is 14.3. The number of hydrogen-bond acceptors (Lipinski definition) is 4. The predicted octanol–water partition coefficient (Wildman–Crippen LogP) is 4.89. The SMILES string of the molecule is CCC(C)n1c(Cc2cccs2)nc2cc(C(=O)N[C@@H](CC(C)C)C(=O)O)ccc21. The Morgan fingerprint density at radius 2 is 2.00 bits per heavy atom. The van der Waals surface area contributed by atoms with Gasteiger partial charge in [0.05, 0.1) is 11.0 Å². The summed E-state index contributed by atoms with van der Waals surface area (Å²) < 4.78 is 2.25. The lowest BCUT2D eigenvalue weighted by molar-refractivity contribution is -0.139. The zero-order valence-electron chi connectivity index (χ0n) is 17.9. The average Bonchev–Trinajstić information content (AvgIpc) is 3.33. The quantitative estimate of drug-likeness (QED) is 0.509. The zero-order chi connectivity index (χ0) is 21.8. The number of aliphatic carboxylic acids is 1. The number of thiophene rings is 1. The fourth-order valence-electron chi connectivity index (χ4n) is 3.59. The molecule has 0 saturated carbocycles. The Balaban J connectivity index is 1.93. The van der Waals surface area contributed by atoms with E-state index >= 15 is 0 Å². The van der Waals surface area contributed by atoms with Gasteiger partial charge in [-0.1, -0.05) is 26.8 Å². The van der Waals surface area contributed by atoms with Crippen molar-refractivity contribution in [2.24, 2.45) is 5.92 Å². The Labute approximate surface area is 180 Å². The van der Waals surface area contributed by atoms with Crippen LogP contribution in [0.25, 0.3) is 11.0 Å². The number of carboxylic acids is 1. The normalized spacial score (nSPS) is 13.5. The molecule has 1 unspecified atom stereocenters. The number of amides is 1. The smallest absolute Gasteiger partial charge is 0.326 e. The molecule has 0 spiro atoms. The minimum atomic E-state index is -1.02. The van der Waals surface area contributed by atoms with Crippen LogP contribution in [0.2, 0.25) is 0 Å². The van der Waals surface area contributed by atoms with E-state index in [-0.39, 0.29) is 17.9 Å². The lowest BCUT2D eigenvalue weighted by Crippen LogP contribution is -2.41. The molecule has 0 radical (unpaired) electrons. The van der Waals surface area contributed by atoms with Crippen molar-refractivity contribution < 1.29 is 14.7 Å². The zero-order valence-corrected chi connectivity index (χ0v) is 18.7. The molecule has 0 saturated heterocycles. The fraction of sp³-hybridized carbons (Fsp3) is 0.435. The first kappa shape index (κ1) is 22.0. The summed E-state index contributed by atoms with van der Waals surface area (Å²) in [6, 6.07) is 8.95. The van der Waals surface area contributed by atoms with Gasteiger partial charge < -0.3 is 15.0 Å². The number of benzene rings is 1. The van der Waals surface area contributed by atoms with Gasteiger partial charge in [-0.25, -0.2) is 9.78 Å². The van der Waals surface area contributed by atoms with Gasteiger partial charge in [0.15, 0.2) is 0 Å². The lowest BCUT2D eigenvalue weighted by atomic mass is 10.0. The molecule has 3 rings (SSSR count). The summed E-state index contributed by atoms with van der Waals surface area (Å²) >= 11 is 1.70. The maximum atomic E-state index is 12.7. The number of aromatic nitrogens is 2. The van der Waals surface area contributed by atoms with E-state index in [4.69, 9.17) is 4.98 Å². The maximum absolute atomic E-state index is 12.7. The van der Waals surface area contributed by atoms with Gasteiger partial charge in [0.25, 0.3) is 5.91 Å². The van der Waals surface area contributed by atoms with Crippen LogP contribution in [-0.4, -0.2) is 32.6 Å². The summed E-state index contributed by atoms with van der Waals surface area (Å²) in [7, 11) is 0. The molecule has 30 heavy (non-hydrogen) atoms. The van der Waals surface area contributed by atoms with Crippen LogP contribution in [0.1, 0.15) is 67.6 Å². The number of carboxylic acid groups (broad SMARTS) is 1. The second-order valence-corrected chi connectivity index (χ2v) is 9.14. The summed E-state index contributed by atoms with van der Waals surface area (Å²) in [5.74, 6) is -0.261. The Kier molecular flexibility index (Phi) is 6.92. The van der Waals surface area contributed by atoms with E-state index in [0.29, 0.717) is 12.0 Å². The number of nitrogens with zero attached hydrogens (tertiary/aromatic N) is 2. The molecule has 1 amide bonds. The van der Waals surface area contributed by atoms with Crippen molar-refractivity contribution in [3.63, 3.8) is 0 Å². The van der Waals surface area contributed by atoms with Crippen molar-refractivity contribution in [3.8, 4) is 0 Å². The second kappa shape index (κ2) is 9.43. The Morgan fingerprint density at radius 1 is 1.23 bits per heavy atom. The molecule has 1 aromatic carbocycles. The van der Waals surface area contributed by atoms with E-state index in [2.05, 4.69) is 35.2 Å². The van der Waals surface area contributed by atoms with Gasteiger partial charge in [0.1, 0.15) is 11.9 Å². The first-order valence-corrected chi connectivity index (χ1v) is 11.2. The molecule has 6 nitrogen and oxygen atoms in total. The van der Waals surface area contributed by atoms with Crippen LogP contribution >= 0.6 is 11.3 Å². The van der Waals surface area contributed by atoms with E-state index in [0.717, 1.165) is 29.7 Å². The molecular formula is C23H29N3O3S. The van der Waals surface area contributed by atoms with Crippen LogP contribution in [0.4, 0.5) is 0 Å². The van der Waals surface area contributed by atoms with Crippen molar-refractivity contribution >= 4 is 34.2 Å². The summed E-state index contributed by atoms with van der Waals surface area (Å²) in [5, 5.41) is 14.1. The molecule has 2 heterocycles. The molecule has 2 N–H and O–H groups in total. The lowest BCUT2D eigenvalue weighted by Gasteiger charge is -2.17. The second-order valence-electron chi connectivity index (χ2n) is 8.11. The molecule has 0 aliphatic rings. The number of fused-ring (bicyclic) bond motifs is 1. The summed E-state index contributed by atoms with van der Waals surface area (Å²) in [6.07, 6.45) is 2.10. The highest BCUT2D eigenvalue weighted by atomic mass is 32.1. The fourth-order valence-corrected chi connectivity index (χ4v) is 4.29. The molecule has 160 valence electrons. The molecule has 0 bridgehead atoms. The standard InChI is InChI=1S/C23H29N3O3S/c1-5-15(4)26-20-9-8-16(22(27)25-19(23(28)29)11-14(2)3)12-18(20)24-21(26)13-17-7-6-10-30-17/h6-10,12,14-15,19H,5,11,13H2,1-4H3,(H,25,27)(H,28,29)/t15?,19-/m0/s1. The Bertz CT molecular complexity index is 1020. The number of carbonyl (C=O) groups excluding carboxylic acids is 1. The number of carbonyl (C=O) groups is 2. The van der Waals surface area contributed by atoms with Crippen molar-refractivity contribution in [2.45, 2.75) is 59.0 Å². The minimum Gasteiger partial charge on any atom is -0.480 e. The molecule has 0 fully saturated rings. The van der Waals surface area contributed by atoms with Gasteiger partial charge in [-0.05, 0) is 55.3 Å².